The van der Waals surface area contributed by atoms with Crippen molar-refractivity contribution in [1.29, 1.82) is 0 Å². The van der Waals surface area contributed by atoms with Crippen molar-refractivity contribution in [2.45, 2.75) is 0 Å². The highest BCUT2D eigenvalue weighted by Crippen LogP contribution is 2.49. The van der Waals surface area contributed by atoms with Crippen molar-refractivity contribution in [1.82, 2.24) is 0 Å². The highest BCUT2D eigenvalue weighted by atomic mass is 16.3. The molecule has 1 heterocycles. The molecular weight excluding hydrogens is 679 g/mol. The third-order valence-corrected chi connectivity index (χ3v) is 10.7. The fraction of sp³-hybridized carbons (Fsp3) is 0. The third kappa shape index (κ3) is 6.14. The van der Waals surface area contributed by atoms with E-state index in [1.165, 1.54) is 27.8 Å². The second-order valence-electron chi connectivity index (χ2n) is 14.1. The predicted octanol–water partition coefficient (Wildman–Crippen LogP) is 15.4. The molecule has 10 aromatic rings. The smallest absolute Gasteiger partial charge is 0.145 e. The highest BCUT2D eigenvalue weighted by Gasteiger charge is 2.24. The van der Waals surface area contributed by atoms with Gasteiger partial charge in [-0.2, -0.15) is 0 Å². The summed E-state index contributed by atoms with van der Waals surface area (Å²) in [5.41, 5.74) is 16.5. The zero-order valence-corrected chi connectivity index (χ0v) is 30.7. The average molecular weight is 716 g/mol. The van der Waals surface area contributed by atoms with Crippen LogP contribution in [0.1, 0.15) is 0 Å². The van der Waals surface area contributed by atoms with E-state index in [0.29, 0.717) is 0 Å². The third-order valence-electron chi connectivity index (χ3n) is 10.7. The lowest BCUT2D eigenvalue weighted by atomic mass is 9.95. The molecule has 0 aliphatic carbocycles. The second kappa shape index (κ2) is 14.4. The van der Waals surface area contributed by atoms with Gasteiger partial charge in [-0.15, -0.1) is 0 Å². The fourth-order valence-corrected chi connectivity index (χ4v) is 7.95. The zero-order valence-electron chi connectivity index (χ0n) is 30.7. The maximum absolute atomic E-state index is 6.79. The molecule has 2 nitrogen and oxygen atoms in total. The molecule has 264 valence electrons. The van der Waals surface area contributed by atoms with Gasteiger partial charge < -0.3 is 9.32 Å². The van der Waals surface area contributed by atoms with Gasteiger partial charge in [0, 0.05) is 22.2 Å². The summed E-state index contributed by atoms with van der Waals surface area (Å²) in [6.45, 7) is 0. The minimum absolute atomic E-state index is 0.864. The van der Waals surface area contributed by atoms with E-state index in [4.69, 9.17) is 4.42 Å². The number of hydrogen-bond donors (Lipinski definition) is 0. The van der Waals surface area contributed by atoms with Crippen LogP contribution in [0.4, 0.5) is 17.1 Å². The number of benzene rings is 9. The van der Waals surface area contributed by atoms with Crippen LogP contribution in [0.5, 0.6) is 0 Å². The van der Waals surface area contributed by atoms with Crippen LogP contribution in [0.25, 0.3) is 77.6 Å². The van der Waals surface area contributed by atoms with Gasteiger partial charge in [0.05, 0.1) is 16.8 Å². The first-order chi connectivity index (χ1) is 27.8. The summed E-state index contributed by atoms with van der Waals surface area (Å²) in [5.74, 6) is 0. The number of para-hydroxylation sites is 1. The molecule has 0 bridgehead atoms. The quantitative estimate of drug-likeness (QED) is 0.156. The topological polar surface area (TPSA) is 16.4 Å². The summed E-state index contributed by atoms with van der Waals surface area (Å²) in [7, 11) is 0. The molecule has 0 fully saturated rings. The lowest BCUT2D eigenvalue weighted by Crippen LogP contribution is -2.12. The Kier molecular flexibility index (Phi) is 8.55. The van der Waals surface area contributed by atoms with Crippen molar-refractivity contribution >= 4 is 39.0 Å². The minimum atomic E-state index is 0.864. The Labute approximate surface area is 327 Å². The molecule has 0 amide bonds. The molecule has 0 aliphatic heterocycles. The molecule has 0 atom stereocenters. The Morgan fingerprint density at radius 2 is 0.768 bits per heavy atom. The Hall–Kier alpha value is -7.42. The number of nitrogens with zero attached hydrogens (tertiary/aromatic N) is 1. The summed E-state index contributed by atoms with van der Waals surface area (Å²) < 4.78 is 6.79. The summed E-state index contributed by atoms with van der Waals surface area (Å²) in [6.07, 6.45) is 0. The Balaban J connectivity index is 1.21. The highest BCUT2D eigenvalue weighted by molar-refractivity contribution is 6.17. The van der Waals surface area contributed by atoms with Gasteiger partial charge in [-0.3, -0.25) is 0 Å². The van der Waals surface area contributed by atoms with Crippen LogP contribution in [0.3, 0.4) is 0 Å². The van der Waals surface area contributed by atoms with E-state index in [-0.39, 0.29) is 0 Å². The van der Waals surface area contributed by atoms with Gasteiger partial charge >= 0.3 is 0 Å². The molecular formula is C54H37NO. The summed E-state index contributed by atoms with van der Waals surface area (Å²) >= 11 is 0. The molecule has 0 radical (unpaired) electrons. The average Bonchev–Trinajstić information content (AvgIpc) is 3.68. The molecule has 1 aromatic heterocycles. The SMILES string of the molecule is c1ccc(-c2cccc(-c3ccc(N(c4ccc(-c5ccccc5)cc4-c4ccccc4)c4ccc(-c5ccccc5)c5oc6ccccc6c45)cc3)c2)cc1. The number of hydrogen-bond acceptors (Lipinski definition) is 2. The van der Waals surface area contributed by atoms with E-state index >= 15 is 0 Å². The molecule has 0 aliphatic rings. The summed E-state index contributed by atoms with van der Waals surface area (Å²) in [4.78, 5) is 2.42. The Morgan fingerprint density at radius 1 is 0.304 bits per heavy atom. The van der Waals surface area contributed by atoms with E-state index in [1.54, 1.807) is 0 Å². The molecule has 0 N–H and O–H groups in total. The van der Waals surface area contributed by atoms with Crippen molar-refractivity contribution in [2.75, 3.05) is 4.90 Å². The minimum Gasteiger partial charge on any atom is -0.455 e. The van der Waals surface area contributed by atoms with Crippen LogP contribution >= 0.6 is 0 Å². The van der Waals surface area contributed by atoms with E-state index in [0.717, 1.165) is 66.8 Å². The first-order valence-corrected chi connectivity index (χ1v) is 19.1. The van der Waals surface area contributed by atoms with Crippen LogP contribution in [0.2, 0.25) is 0 Å². The predicted molar refractivity (Wildman–Crippen MR) is 236 cm³/mol. The van der Waals surface area contributed by atoms with Gasteiger partial charge in [-0.25, -0.2) is 0 Å². The van der Waals surface area contributed by atoms with Crippen molar-refractivity contribution < 1.29 is 4.42 Å². The van der Waals surface area contributed by atoms with Crippen molar-refractivity contribution in [3.63, 3.8) is 0 Å². The lowest BCUT2D eigenvalue weighted by molar-refractivity contribution is 0.670. The van der Waals surface area contributed by atoms with Crippen LogP contribution in [-0.2, 0) is 0 Å². The normalized spacial score (nSPS) is 11.2. The standard InChI is InChI=1S/C54H37NO/c1-5-16-38(17-6-1)43-24-15-25-44(36-43)40-28-31-46(32-29-40)55(50-34-30-45(39-18-7-2-8-19-39)37-49(50)42-22-11-4-12-23-42)51-35-33-47(41-20-9-3-10-21-41)54-53(51)48-26-13-14-27-52(48)56-54/h1-37H. The van der Waals surface area contributed by atoms with Gasteiger partial charge in [0.2, 0.25) is 0 Å². The molecule has 10 rings (SSSR count). The van der Waals surface area contributed by atoms with E-state index < -0.39 is 0 Å². The first kappa shape index (κ1) is 33.2. The van der Waals surface area contributed by atoms with Gasteiger partial charge in [0.25, 0.3) is 0 Å². The molecule has 9 aromatic carbocycles. The van der Waals surface area contributed by atoms with E-state index in [1.807, 2.05) is 6.07 Å². The molecule has 0 spiro atoms. The summed E-state index contributed by atoms with van der Waals surface area (Å²) in [5, 5.41) is 2.16. The molecule has 0 saturated carbocycles. The van der Waals surface area contributed by atoms with Gasteiger partial charge in [0.1, 0.15) is 11.2 Å². The van der Waals surface area contributed by atoms with Crippen molar-refractivity contribution in [3.8, 4) is 55.6 Å². The second-order valence-corrected chi connectivity index (χ2v) is 14.1. The van der Waals surface area contributed by atoms with Crippen LogP contribution in [0, 0.1) is 0 Å². The number of furan rings is 1. The van der Waals surface area contributed by atoms with Crippen LogP contribution in [0.15, 0.2) is 229 Å². The maximum Gasteiger partial charge on any atom is 0.145 e. The largest absolute Gasteiger partial charge is 0.455 e. The first-order valence-electron chi connectivity index (χ1n) is 19.1. The number of rotatable bonds is 8. The van der Waals surface area contributed by atoms with Gasteiger partial charge in [-0.1, -0.05) is 176 Å². The number of fused-ring (bicyclic) bond motifs is 3. The van der Waals surface area contributed by atoms with Gasteiger partial charge in [0.15, 0.2) is 0 Å². The molecule has 0 saturated heterocycles. The molecule has 2 heteroatoms. The molecule has 56 heavy (non-hydrogen) atoms. The monoisotopic (exact) mass is 715 g/mol. The number of anilines is 3. The summed E-state index contributed by atoms with van der Waals surface area (Å²) in [6, 6.07) is 80.0. The fourth-order valence-electron chi connectivity index (χ4n) is 7.95. The lowest BCUT2D eigenvalue weighted by Gasteiger charge is -2.29. The van der Waals surface area contributed by atoms with Crippen LogP contribution < -0.4 is 4.90 Å². The van der Waals surface area contributed by atoms with E-state index in [2.05, 4.69) is 223 Å². The van der Waals surface area contributed by atoms with Crippen LogP contribution in [-0.4, -0.2) is 0 Å². The van der Waals surface area contributed by atoms with Gasteiger partial charge in [-0.05, 0) is 93.0 Å². The Morgan fingerprint density at radius 3 is 1.39 bits per heavy atom. The van der Waals surface area contributed by atoms with E-state index in [9.17, 15) is 0 Å². The maximum atomic E-state index is 6.79. The molecule has 0 unspecified atom stereocenters. The zero-order chi connectivity index (χ0) is 37.3. The van der Waals surface area contributed by atoms with Crippen molar-refractivity contribution in [2.24, 2.45) is 0 Å². The van der Waals surface area contributed by atoms with Crippen molar-refractivity contribution in [3.05, 3.63) is 224 Å². The Bertz CT molecular complexity index is 2930.